The molecule has 1 fully saturated rings. The topological polar surface area (TPSA) is 93.5 Å². The molecular formula is C15H21N3O3. The molecule has 0 atom stereocenters. The summed E-state index contributed by atoms with van der Waals surface area (Å²) < 4.78 is 4.89. The number of carbonyl (C=O) groups excluding carboxylic acids is 2. The molecule has 2 rings (SSSR count). The minimum Gasteiger partial charge on any atom is -0.383 e. The fourth-order valence-corrected chi connectivity index (χ4v) is 2.08. The van der Waals surface area contributed by atoms with Crippen molar-refractivity contribution in [2.75, 3.05) is 32.1 Å². The zero-order chi connectivity index (χ0) is 15.3. The van der Waals surface area contributed by atoms with Crippen LogP contribution in [0.15, 0.2) is 24.3 Å². The highest BCUT2D eigenvalue weighted by atomic mass is 16.5. The quantitative estimate of drug-likeness (QED) is 0.646. The Labute approximate surface area is 124 Å². The smallest absolute Gasteiger partial charge is 0.253 e. The predicted molar refractivity (Wildman–Crippen MR) is 80.0 cm³/mol. The zero-order valence-electron chi connectivity index (χ0n) is 12.1. The third-order valence-corrected chi connectivity index (χ3v) is 3.74. The summed E-state index contributed by atoms with van der Waals surface area (Å²) in [6, 6.07) is 6.94. The number of nitrogens with two attached hydrogens (primary N) is 1. The highest BCUT2D eigenvalue weighted by molar-refractivity contribution is 6.05. The van der Waals surface area contributed by atoms with Gasteiger partial charge < -0.3 is 21.1 Å². The molecule has 21 heavy (non-hydrogen) atoms. The maximum absolute atomic E-state index is 12.2. The minimum atomic E-state index is -0.445. The fraction of sp³-hybridized carbons (Fsp3) is 0.467. The van der Waals surface area contributed by atoms with Crippen LogP contribution in [0.25, 0.3) is 0 Å². The highest BCUT2D eigenvalue weighted by Crippen LogP contribution is 2.45. The number of nitrogens with one attached hydrogen (secondary N) is 2. The van der Waals surface area contributed by atoms with Crippen molar-refractivity contribution in [2.24, 2.45) is 11.1 Å². The third-order valence-electron chi connectivity index (χ3n) is 3.74. The molecule has 1 aliphatic rings. The average molecular weight is 291 g/mol. The highest BCUT2D eigenvalue weighted by Gasteiger charge is 2.48. The van der Waals surface area contributed by atoms with E-state index in [4.69, 9.17) is 10.5 Å². The summed E-state index contributed by atoms with van der Waals surface area (Å²) in [5.74, 6) is -0.345. The van der Waals surface area contributed by atoms with Crippen molar-refractivity contribution in [3.63, 3.8) is 0 Å². The molecule has 1 aromatic carbocycles. The van der Waals surface area contributed by atoms with Gasteiger partial charge in [-0.15, -0.1) is 0 Å². The second kappa shape index (κ2) is 6.69. The van der Waals surface area contributed by atoms with Crippen LogP contribution in [0.2, 0.25) is 0 Å². The van der Waals surface area contributed by atoms with E-state index in [9.17, 15) is 9.59 Å². The van der Waals surface area contributed by atoms with Crippen LogP contribution in [0.3, 0.4) is 0 Å². The van der Waals surface area contributed by atoms with Crippen LogP contribution in [0.1, 0.15) is 23.2 Å². The Balaban J connectivity index is 2.06. The maximum Gasteiger partial charge on any atom is 0.253 e. The van der Waals surface area contributed by atoms with Crippen molar-refractivity contribution in [2.45, 2.75) is 12.8 Å². The summed E-state index contributed by atoms with van der Waals surface area (Å²) in [5, 5.41) is 5.57. The van der Waals surface area contributed by atoms with Crippen molar-refractivity contribution in [3.8, 4) is 0 Å². The number of para-hydroxylation sites is 1. The summed E-state index contributed by atoms with van der Waals surface area (Å²) in [7, 11) is 1.57. The van der Waals surface area contributed by atoms with Gasteiger partial charge in [-0.3, -0.25) is 9.59 Å². The standard InChI is InChI=1S/C15H21N3O3/c1-21-9-8-17-13(19)11-4-2-3-5-12(11)18-14(20)15(10-16)6-7-15/h2-5H,6-10,16H2,1H3,(H,17,19)(H,18,20). The van der Waals surface area contributed by atoms with E-state index in [0.29, 0.717) is 30.9 Å². The average Bonchev–Trinajstić information content (AvgIpc) is 3.29. The lowest BCUT2D eigenvalue weighted by Crippen LogP contribution is -2.32. The Bertz CT molecular complexity index is 527. The number of hydrogen-bond donors (Lipinski definition) is 3. The molecule has 0 saturated heterocycles. The number of methoxy groups -OCH3 is 1. The van der Waals surface area contributed by atoms with E-state index in [1.807, 2.05) is 0 Å². The Morgan fingerprint density at radius 2 is 2.05 bits per heavy atom. The van der Waals surface area contributed by atoms with Crippen LogP contribution in [0.5, 0.6) is 0 Å². The van der Waals surface area contributed by atoms with Crippen LogP contribution in [0.4, 0.5) is 5.69 Å². The molecule has 6 heteroatoms. The summed E-state index contributed by atoms with van der Waals surface area (Å²) in [6.45, 7) is 1.20. The van der Waals surface area contributed by atoms with Crippen molar-refractivity contribution in [1.82, 2.24) is 5.32 Å². The molecule has 114 valence electrons. The zero-order valence-corrected chi connectivity index (χ0v) is 12.1. The van der Waals surface area contributed by atoms with Crippen molar-refractivity contribution in [3.05, 3.63) is 29.8 Å². The lowest BCUT2D eigenvalue weighted by Gasteiger charge is -2.15. The van der Waals surface area contributed by atoms with Gasteiger partial charge in [0.15, 0.2) is 0 Å². The predicted octanol–water partition coefficient (Wildman–Crippen LogP) is 0.740. The van der Waals surface area contributed by atoms with Gasteiger partial charge >= 0.3 is 0 Å². The van der Waals surface area contributed by atoms with Crippen molar-refractivity contribution in [1.29, 1.82) is 0 Å². The van der Waals surface area contributed by atoms with E-state index in [1.54, 1.807) is 31.4 Å². The first-order valence-electron chi connectivity index (χ1n) is 7.00. The third kappa shape index (κ3) is 3.59. The number of carbonyl (C=O) groups is 2. The van der Waals surface area contributed by atoms with Gasteiger partial charge in [-0.05, 0) is 25.0 Å². The molecule has 0 aromatic heterocycles. The van der Waals surface area contributed by atoms with Gasteiger partial charge in [0.25, 0.3) is 5.91 Å². The second-order valence-corrected chi connectivity index (χ2v) is 5.23. The number of anilines is 1. The van der Waals surface area contributed by atoms with Gasteiger partial charge in [-0.25, -0.2) is 0 Å². The second-order valence-electron chi connectivity index (χ2n) is 5.23. The first-order valence-corrected chi connectivity index (χ1v) is 7.00. The van der Waals surface area contributed by atoms with Gasteiger partial charge in [0.1, 0.15) is 0 Å². The van der Waals surface area contributed by atoms with E-state index >= 15 is 0 Å². The molecule has 6 nitrogen and oxygen atoms in total. The first kappa shape index (κ1) is 15.5. The van der Waals surface area contributed by atoms with E-state index in [-0.39, 0.29) is 11.8 Å². The molecule has 0 radical (unpaired) electrons. The molecule has 0 heterocycles. The van der Waals surface area contributed by atoms with Gasteiger partial charge in [0, 0.05) is 20.2 Å². The molecule has 1 aromatic rings. The Morgan fingerprint density at radius 1 is 1.33 bits per heavy atom. The van der Waals surface area contributed by atoms with Crippen LogP contribution in [0, 0.1) is 5.41 Å². The number of ether oxygens (including phenoxy) is 1. The molecular weight excluding hydrogens is 270 g/mol. The molecule has 0 bridgehead atoms. The normalized spacial score (nSPS) is 15.3. The van der Waals surface area contributed by atoms with E-state index in [1.165, 1.54) is 0 Å². The minimum absolute atomic E-state index is 0.109. The van der Waals surface area contributed by atoms with E-state index < -0.39 is 5.41 Å². The largest absolute Gasteiger partial charge is 0.383 e. The lowest BCUT2D eigenvalue weighted by atomic mass is 10.1. The Kier molecular flexibility index (Phi) is 4.93. The van der Waals surface area contributed by atoms with Gasteiger partial charge in [-0.2, -0.15) is 0 Å². The fourth-order valence-electron chi connectivity index (χ4n) is 2.08. The summed E-state index contributed by atoms with van der Waals surface area (Å²) in [6.07, 6.45) is 1.61. The number of amides is 2. The molecule has 1 saturated carbocycles. The monoisotopic (exact) mass is 291 g/mol. The number of hydrogen-bond acceptors (Lipinski definition) is 4. The maximum atomic E-state index is 12.2. The SMILES string of the molecule is COCCNC(=O)c1ccccc1NC(=O)C1(CN)CC1. The molecule has 1 aliphatic carbocycles. The van der Waals surface area contributed by atoms with Crippen LogP contribution in [-0.4, -0.2) is 38.6 Å². The van der Waals surface area contributed by atoms with Crippen molar-refractivity contribution >= 4 is 17.5 Å². The molecule has 0 unspecified atom stereocenters. The summed E-state index contributed by atoms with van der Waals surface area (Å²) >= 11 is 0. The first-order chi connectivity index (χ1) is 10.1. The molecule has 4 N–H and O–H groups in total. The van der Waals surface area contributed by atoms with Crippen LogP contribution >= 0.6 is 0 Å². The van der Waals surface area contributed by atoms with E-state index in [0.717, 1.165) is 12.8 Å². The van der Waals surface area contributed by atoms with Crippen molar-refractivity contribution < 1.29 is 14.3 Å². The molecule has 0 spiro atoms. The molecule has 0 aliphatic heterocycles. The van der Waals surface area contributed by atoms with Crippen LogP contribution in [-0.2, 0) is 9.53 Å². The van der Waals surface area contributed by atoms with Crippen LogP contribution < -0.4 is 16.4 Å². The Morgan fingerprint density at radius 3 is 2.67 bits per heavy atom. The Hall–Kier alpha value is -1.92. The summed E-state index contributed by atoms with van der Waals surface area (Å²) in [5.41, 5.74) is 6.15. The lowest BCUT2D eigenvalue weighted by molar-refractivity contribution is -0.120. The summed E-state index contributed by atoms with van der Waals surface area (Å²) in [4.78, 5) is 24.3. The van der Waals surface area contributed by atoms with Gasteiger partial charge in [-0.1, -0.05) is 12.1 Å². The number of benzene rings is 1. The van der Waals surface area contributed by atoms with E-state index in [2.05, 4.69) is 10.6 Å². The van der Waals surface area contributed by atoms with Gasteiger partial charge in [0.2, 0.25) is 5.91 Å². The van der Waals surface area contributed by atoms with Gasteiger partial charge in [0.05, 0.1) is 23.3 Å². The number of rotatable bonds is 7. The molecule has 2 amide bonds.